The van der Waals surface area contributed by atoms with Crippen molar-refractivity contribution < 1.29 is 0 Å². The Morgan fingerprint density at radius 3 is 2.20 bits per heavy atom. The van der Waals surface area contributed by atoms with Gasteiger partial charge in [-0.15, -0.1) is 33.1 Å². The molecule has 2 nitrogen and oxygen atoms in total. The highest BCUT2D eigenvalue weighted by Gasteiger charge is 2.50. The molecule has 4 heteroatoms. The fourth-order valence-electron chi connectivity index (χ4n) is 5.51. The maximum atomic E-state index is 5.76. The second-order valence-corrected chi connectivity index (χ2v) is 9.00. The first-order valence-electron chi connectivity index (χ1n) is 8.12. The number of hydrogen-bond acceptors (Lipinski definition) is 3. The molecule has 5 rings (SSSR count). The van der Waals surface area contributed by atoms with Crippen LogP contribution >= 0.6 is 22.9 Å². The monoisotopic (exact) mass is 310 g/mol. The van der Waals surface area contributed by atoms with Gasteiger partial charge in [-0.1, -0.05) is 0 Å². The Hall–Kier alpha value is -0.150. The minimum absolute atomic E-state index is 0.595. The van der Waals surface area contributed by atoms with Gasteiger partial charge < -0.3 is 0 Å². The third kappa shape index (κ3) is 2.52. The second kappa shape index (κ2) is 5.24. The molecule has 20 heavy (non-hydrogen) atoms. The lowest BCUT2D eigenvalue weighted by Gasteiger charge is -2.56. The molecule has 4 saturated carbocycles. The molecular formula is C16H23ClN2S. The lowest BCUT2D eigenvalue weighted by Crippen LogP contribution is -2.47. The molecule has 4 aliphatic rings. The van der Waals surface area contributed by atoms with E-state index in [9.17, 15) is 0 Å². The van der Waals surface area contributed by atoms with E-state index in [0.29, 0.717) is 5.41 Å². The molecule has 1 heterocycles. The molecule has 1 aromatic rings. The van der Waals surface area contributed by atoms with Crippen LogP contribution in [0.5, 0.6) is 0 Å². The predicted octanol–water partition coefficient (Wildman–Crippen LogP) is 4.47. The van der Waals surface area contributed by atoms with Crippen LogP contribution in [0.2, 0.25) is 0 Å². The first-order valence-corrected chi connectivity index (χ1v) is 9.47. The van der Waals surface area contributed by atoms with Crippen molar-refractivity contribution in [2.45, 2.75) is 57.8 Å². The van der Waals surface area contributed by atoms with Crippen LogP contribution in [0.15, 0.2) is 0 Å². The van der Waals surface area contributed by atoms with Crippen LogP contribution in [0.3, 0.4) is 0 Å². The van der Waals surface area contributed by atoms with Gasteiger partial charge in [0.2, 0.25) is 0 Å². The van der Waals surface area contributed by atoms with Crippen LogP contribution in [0.25, 0.3) is 0 Å². The van der Waals surface area contributed by atoms with Crippen LogP contribution < -0.4 is 0 Å². The average Bonchev–Trinajstić information content (AvgIpc) is 2.81. The van der Waals surface area contributed by atoms with E-state index in [4.69, 9.17) is 11.6 Å². The number of aryl methyl sites for hydroxylation is 1. The van der Waals surface area contributed by atoms with Crippen molar-refractivity contribution in [1.29, 1.82) is 0 Å². The number of aromatic nitrogens is 2. The van der Waals surface area contributed by atoms with E-state index in [1.165, 1.54) is 55.0 Å². The van der Waals surface area contributed by atoms with Crippen molar-refractivity contribution in [2.24, 2.45) is 23.2 Å². The third-order valence-corrected chi connectivity index (χ3v) is 6.97. The maximum Gasteiger partial charge on any atom is 0.118 e. The summed E-state index contributed by atoms with van der Waals surface area (Å²) < 4.78 is 0. The molecule has 4 bridgehead atoms. The molecule has 0 atom stereocenters. The highest BCUT2D eigenvalue weighted by molar-refractivity contribution is 7.11. The fourth-order valence-corrected chi connectivity index (χ4v) is 6.70. The quantitative estimate of drug-likeness (QED) is 0.750. The largest absolute Gasteiger partial charge is 0.144 e. The average molecular weight is 311 g/mol. The van der Waals surface area contributed by atoms with E-state index in [2.05, 4.69) is 10.2 Å². The van der Waals surface area contributed by atoms with Gasteiger partial charge in [0, 0.05) is 18.7 Å². The lowest BCUT2D eigenvalue weighted by molar-refractivity contribution is -0.0522. The van der Waals surface area contributed by atoms with E-state index in [0.717, 1.165) is 36.5 Å². The van der Waals surface area contributed by atoms with Gasteiger partial charge in [-0.05, 0) is 68.1 Å². The molecule has 110 valence electrons. The Balaban J connectivity index is 1.47. The van der Waals surface area contributed by atoms with Gasteiger partial charge >= 0.3 is 0 Å². The summed E-state index contributed by atoms with van der Waals surface area (Å²) in [6, 6.07) is 0. The molecule has 0 aliphatic heterocycles. The fraction of sp³-hybridized carbons (Fsp3) is 0.875. The van der Waals surface area contributed by atoms with Crippen molar-refractivity contribution in [3.8, 4) is 0 Å². The first kappa shape index (κ1) is 13.5. The zero-order valence-electron chi connectivity index (χ0n) is 12.0. The summed E-state index contributed by atoms with van der Waals surface area (Å²) in [6.45, 7) is 0. The Morgan fingerprint density at radius 1 is 1.00 bits per heavy atom. The van der Waals surface area contributed by atoms with Crippen molar-refractivity contribution >= 4 is 22.9 Å². The highest BCUT2D eigenvalue weighted by atomic mass is 35.5. The molecule has 0 radical (unpaired) electrons. The first-order chi connectivity index (χ1) is 9.75. The Bertz CT molecular complexity index is 449. The summed E-state index contributed by atoms with van der Waals surface area (Å²) in [6.07, 6.45) is 12.2. The number of nitrogens with zero attached hydrogens (tertiary/aromatic N) is 2. The molecule has 0 N–H and O–H groups in total. The van der Waals surface area contributed by atoms with Gasteiger partial charge in [0.05, 0.1) is 0 Å². The van der Waals surface area contributed by atoms with E-state index >= 15 is 0 Å². The van der Waals surface area contributed by atoms with E-state index < -0.39 is 0 Å². The summed E-state index contributed by atoms with van der Waals surface area (Å²) in [4.78, 5) is 0. The van der Waals surface area contributed by atoms with Gasteiger partial charge in [0.1, 0.15) is 10.0 Å². The van der Waals surface area contributed by atoms with Gasteiger partial charge in [-0.25, -0.2) is 0 Å². The molecule has 0 unspecified atom stereocenters. The summed E-state index contributed by atoms with van der Waals surface area (Å²) >= 11 is 7.60. The van der Waals surface area contributed by atoms with Crippen LogP contribution in [0, 0.1) is 23.2 Å². The van der Waals surface area contributed by atoms with E-state index in [1.54, 1.807) is 0 Å². The lowest BCUT2D eigenvalue weighted by atomic mass is 9.49. The molecule has 4 aliphatic carbocycles. The standard InChI is InChI=1S/C16H23ClN2S/c17-3-1-2-14-18-19-15(20-14)10-16-7-11-4-12(8-16)6-13(5-11)9-16/h11-13H,1-10H2. The zero-order chi connectivity index (χ0) is 13.6. The number of hydrogen-bond donors (Lipinski definition) is 0. The minimum Gasteiger partial charge on any atom is -0.144 e. The topological polar surface area (TPSA) is 25.8 Å². The van der Waals surface area contributed by atoms with Crippen LogP contribution in [0.1, 0.15) is 55.0 Å². The van der Waals surface area contributed by atoms with Crippen molar-refractivity contribution in [3.63, 3.8) is 0 Å². The Kier molecular flexibility index (Phi) is 3.54. The predicted molar refractivity (Wildman–Crippen MR) is 83.3 cm³/mol. The number of rotatable bonds is 5. The Labute approximate surface area is 130 Å². The van der Waals surface area contributed by atoms with Crippen LogP contribution in [-0.2, 0) is 12.8 Å². The van der Waals surface area contributed by atoms with Crippen molar-refractivity contribution in [1.82, 2.24) is 10.2 Å². The maximum absolute atomic E-state index is 5.76. The molecular weight excluding hydrogens is 288 g/mol. The minimum atomic E-state index is 0.595. The van der Waals surface area contributed by atoms with Gasteiger partial charge in [0.15, 0.2) is 0 Å². The van der Waals surface area contributed by atoms with E-state index in [-0.39, 0.29) is 0 Å². The summed E-state index contributed by atoms with van der Waals surface area (Å²) in [5.74, 6) is 3.82. The zero-order valence-corrected chi connectivity index (χ0v) is 13.6. The molecule has 0 spiro atoms. The summed E-state index contributed by atoms with van der Waals surface area (Å²) in [7, 11) is 0. The Morgan fingerprint density at radius 2 is 1.60 bits per heavy atom. The molecule has 0 amide bonds. The summed E-state index contributed by atoms with van der Waals surface area (Å²) in [5, 5.41) is 11.3. The smallest absolute Gasteiger partial charge is 0.118 e. The van der Waals surface area contributed by atoms with Crippen LogP contribution in [0.4, 0.5) is 0 Å². The van der Waals surface area contributed by atoms with Gasteiger partial charge in [-0.3, -0.25) is 0 Å². The van der Waals surface area contributed by atoms with Crippen molar-refractivity contribution in [3.05, 3.63) is 10.0 Å². The molecule has 4 fully saturated rings. The molecule has 0 aromatic carbocycles. The van der Waals surface area contributed by atoms with E-state index in [1.807, 2.05) is 11.3 Å². The van der Waals surface area contributed by atoms with Gasteiger partial charge in [-0.2, -0.15) is 0 Å². The van der Waals surface area contributed by atoms with Crippen molar-refractivity contribution in [2.75, 3.05) is 5.88 Å². The van der Waals surface area contributed by atoms with Crippen LogP contribution in [-0.4, -0.2) is 16.1 Å². The highest BCUT2D eigenvalue weighted by Crippen LogP contribution is 2.61. The number of halogens is 1. The normalized spacial score (nSPS) is 38.5. The summed E-state index contributed by atoms with van der Waals surface area (Å²) in [5.41, 5.74) is 0.595. The molecule has 0 saturated heterocycles. The SMILES string of the molecule is ClCCCc1nnc(CC23CC4CC(CC(C4)C2)C3)s1. The number of alkyl halides is 1. The van der Waals surface area contributed by atoms with Gasteiger partial charge in [0.25, 0.3) is 0 Å². The third-order valence-electron chi connectivity index (χ3n) is 5.72. The second-order valence-electron chi connectivity index (χ2n) is 7.48. The molecule has 1 aromatic heterocycles.